The first kappa shape index (κ1) is 23.1. The molecule has 8 heteroatoms. The lowest BCUT2D eigenvalue weighted by molar-refractivity contribution is -0.128. The molecule has 0 saturated carbocycles. The van der Waals surface area contributed by atoms with E-state index in [4.69, 9.17) is 27.9 Å². The smallest absolute Gasteiger partial charge is 0.223 e. The summed E-state index contributed by atoms with van der Waals surface area (Å²) in [6.45, 7) is 3.90. The molecule has 32 heavy (non-hydrogen) atoms. The molecule has 1 saturated heterocycles. The Morgan fingerprint density at radius 3 is 2.84 bits per heavy atom. The number of ether oxygens (including phenoxy) is 1. The first-order chi connectivity index (χ1) is 15.5. The van der Waals surface area contributed by atoms with Crippen LogP contribution in [0.15, 0.2) is 47.1 Å². The topological polar surface area (TPSA) is 66.0 Å². The number of hydrogen-bond acceptors (Lipinski definition) is 5. The van der Waals surface area contributed by atoms with Gasteiger partial charge in [0.15, 0.2) is 0 Å². The number of benzene rings is 1. The molecule has 2 N–H and O–H groups in total. The van der Waals surface area contributed by atoms with Gasteiger partial charge in [-0.25, -0.2) is 0 Å². The lowest BCUT2D eigenvalue weighted by Gasteiger charge is -2.31. The highest BCUT2D eigenvalue weighted by Gasteiger charge is 2.33. The van der Waals surface area contributed by atoms with E-state index < -0.39 is 0 Å². The summed E-state index contributed by atoms with van der Waals surface area (Å²) >= 11 is 12.4. The van der Waals surface area contributed by atoms with Crippen molar-refractivity contribution in [2.75, 3.05) is 13.2 Å². The number of amidine groups is 1. The van der Waals surface area contributed by atoms with Crippen LogP contribution < -0.4 is 10.7 Å². The Bertz CT molecular complexity index is 925. The number of nitrogens with one attached hydrogen (secondary N) is 2. The van der Waals surface area contributed by atoms with Gasteiger partial charge in [-0.15, -0.1) is 0 Å². The normalized spacial score (nSPS) is 22.2. The molecule has 1 aromatic carbocycles. The quantitative estimate of drug-likeness (QED) is 0.601. The highest BCUT2D eigenvalue weighted by Crippen LogP contribution is 2.27. The van der Waals surface area contributed by atoms with Crippen molar-refractivity contribution in [2.24, 2.45) is 11.0 Å². The van der Waals surface area contributed by atoms with Crippen LogP contribution in [0.5, 0.6) is 0 Å². The van der Waals surface area contributed by atoms with Crippen LogP contribution in [0, 0.1) is 5.92 Å². The average molecular weight is 477 g/mol. The summed E-state index contributed by atoms with van der Waals surface area (Å²) in [5.74, 6) is 0.898. The molecule has 1 unspecified atom stereocenters. The Kier molecular flexibility index (Phi) is 7.76. The number of carbonyl (C=O) groups is 1. The van der Waals surface area contributed by atoms with Gasteiger partial charge in [0.25, 0.3) is 0 Å². The molecule has 2 atom stereocenters. The predicted octanol–water partition coefficient (Wildman–Crippen LogP) is 4.64. The van der Waals surface area contributed by atoms with Crippen LogP contribution in [0.2, 0.25) is 10.0 Å². The van der Waals surface area contributed by atoms with Crippen LogP contribution in [0.3, 0.4) is 0 Å². The van der Waals surface area contributed by atoms with Crippen LogP contribution in [-0.4, -0.2) is 42.1 Å². The van der Waals surface area contributed by atoms with Crippen molar-refractivity contribution in [1.82, 2.24) is 15.6 Å². The molecule has 172 valence electrons. The number of allylic oxidation sites excluding steroid dienone is 3. The van der Waals surface area contributed by atoms with E-state index in [9.17, 15) is 4.79 Å². The fourth-order valence-electron chi connectivity index (χ4n) is 4.39. The maximum absolute atomic E-state index is 12.8. The summed E-state index contributed by atoms with van der Waals surface area (Å²) in [5.41, 5.74) is 5.73. The molecule has 4 rings (SSSR count). The van der Waals surface area contributed by atoms with E-state index >= 15 is 0 Å². The average Bonchev–Trinajstić information content (AvgIpc) is 3.19. The van der Waals surface area contributed by atoms with Crippen molar-refractivity contribution < 1.29 is 9.53 Å². The first-order valence-corrected chi connectivity index (χ1v) is 12.0. The summed E-state index contributed by atoms with van der Waals surface area (Å²) in [5, 5.41) is 8.89. The lowest BCUT2D eigenvalue weighted by atomic mass is 9.98. The third-order valence-corrected chi connectivity index (χ3v) is 6.97. The van der Waals surface area contributed by atoms with Crippen LogP contribution >= 0.6 is 23.2 Å². The van der Waals surface area contributed by atoms with E-state index in [0.717, 1.165) is 43.5 Å². The van der Waals surface area contributed by atoms with Gasteiger partial charge in [-0.1, -0.05) is 53.1 Å². The molecule has 1 fully saturated rings. The van der Waals surface area contributed by atoms with Gasteiger partial charge in [0, 0.05) is 32.1 Å². The van der Waals surface area contributed by atoms with Crippen molar-refractivity contribution in [2.45, 2.75) is 57.8 Å². The Hall–Kier alpha value is -2.02. The fraction of sp³-hybridized carbons (Fsp3) is 0.500. The number of hydrazone groups is 1. The number of amides is 1. The van der Waals surface area contributed by atoms with Crippen molar-refractivity contribution in [3.8, 4) is 0 Å². The Labute approximate surface area is 199 Å². The summed E-state index contributed by atoms with van der Waals surface area (Å²) < 4.78 is 5.39. The van der Waals surface area contributed by atoms with Crippen LogP contribution in [0.1, 0.15) is 44.6 Å². The van der Waals surface area contributed by atoms with E-state index in [2.05, 4.69) is 39.0 Å². The molecule has 2 heterocycles. The van der Waals surface area contributed by atoms with Crippen molar-refractivity contribution in [3.63, 3.8) is 0 Å². The third kappa shape index (κ3) is 5.66. The summed E-state index contributed by atoms with van der Waals surface area (Å²) in [6, 6.07) is 5.48. The van der Waals surface area contributed by atoms with Crippen molar-refractivity contribution in [1.29, 1.82) is 0 Å². The SMILES string of the molecule is C[C@@H](NC(=O)C1CCOCC1)C1=NNC(CC2=CC=CCC2)N1Cc1ccc(Cl)c(Cl)c1. The number of hydrogen-bond donors (Lipinski definition) is 2. The second-order valence-corrected chi connectivity index (χ2v) is 9.42. The van der Waals surface area contributed by atoms with Crippen molar-refractivity contribution in [3.05, 3.63) is 57.6 Å². The maximum atomic E-state index is 12.8. The molecule has 0 bridgehead atoms. The maximum Gasteiger partial charge on any atom is 0.223 e. The van der Waals surface area contributed by atoms with Gasteiger partial charge in [-0.3, -0.25) is 10.2 Å². The Morgan fingerprint density at radius 1 is 1.31 bits per heavy atom. The fourth-order valence-corrected chi connectivity index (χ4v) is 4.71. The Morgan fingerprint density at radius 2 is 2.12 bits per heavy atom. The zero-order chi connectivity index (χ0) is 22.5. The van der Waals surface area contributed by atoms with Crippen molar-refractivity contribution >= 4 is 34.9 Å². The van der Waals surface area contributed by atoms with Crippen LogP contribution in [-0.2, 0) is 16.1 Å². The van der Waals surface area contributed by atoms with Gasteiger partial charge in [0.1, 0.15) is 12.0 Å². The minimum atomic E-state index is -0.217. The zero-order valence-corrected chi connectivity index (χ0v) is 19.8. The number of carbonyl (C=O) groups excluding carboxylic acids is 1. The molecule has 0 radical (unpaired) electrons. The molecule has 6 nitrogen and oxygen atoms in total. The van der Waals surface area contributed by atoms with Crippen LogP contribution in [0.25, 0.3) is 0 Å². The van der Waals surface area contributed by atoms with Gasteiger partial charge in [0.2, 0.25) is 5.91 Å². The predicted molar refractivity (Wildman–Crippen MR) is 129 cm³/mol. The second-order valence-electron chi connectivity index (χ2n) is 8.60. The molecule has 0 spiro atoms. The first-order valence-electron chi connectivity index (χ1n) is 11.3. The summed E-state index contributed by atoms with van der Waals surface area (Å²) in [7, 11) is 0. The molecule has 1 aromatic rings. The molecule has 3 aliphatic rings. The number of rotatable bonds is 7. The third-order valence-electron chi connectivity index (χ3n) is 6.23. The molecule has 2 aliphatic heterocycles. The van der Waals surface area contributed by atoms with E-state index in [1.165, 1.54) is 5.57 Å². The standard InChI is InChI=1S/C24H30Cl2N4O2/c1-16(27-24(31)19-9-11-32-12-10-19)23-29-28-22(14-17-5-3-2-4-6-17)30(23)15-18-7-8-20(25)21(26)13-18/h2-3,5,7-8,13,16,19,22,28H,4,6,9-12,14-15H2,1H3,(H,27,31)/t16-,22?/m1/s1. The highest BCUT2D eigenvalue weighted by molar-refractivity contribution is 6.42. The van der Waals surface area contributed by atoms with Gasteiger partial charge in [-0.2, -0.15) is 5.10 Å². The van der Waals surface area contributed by atoms with E-state index in [1.807, 2.05) is 25.1 Å². The summed E-state index contributed by atoms with van der Waals surface area (Å²) in [6.07, 6.45) is 11.0. The number of halogens is 2. The molecule has 1 amide bonds. The summed E-state index contributed by atoms with van der Waals surface area (Å²) in [4.78, 5) is 15.0. The molecular weight excluding hydrogens is 447 g/mol. The van der Waals surface area contributed by atoms with Gasteiger partial charge >= 0.3 is 0 Å². The van der Waals surface area contributed by atoms with E-state index in [-0.39, 0.29) is 24.0 Å². The van der Waals surface area contributed by atoms with Gasteiger partial charge in [0.05, 0.1) is 16.1 Å². The van der Waals surface area contributed by atoms with Gasteiger partial charge in [-0.05, 0) is 50.3 Å². The minimum absolute atomic E-state index is 0.000312. The molecular formula is C24H30Cl2N4O2. The van der Waals surface area contributed by atoms with Gasteiger partial charge < -0.3 is 15.0 Å². The monoisotopic (exact) mass is 476 g/mol. The largest absolute Gasteiger partial charge is 0.381 e. The lowest BCUT2D eigenvalue weighted by Crippen LogP contribution is -2.50. The zero-order valence-electron chi connectivity index (χ0n) is 18.3. The minimum Gasteiger partial charge on any atom is -0.381 e. The van der Waals surface area contributed by atoms with Crippen LogP contribution in [0.4, 0.5) is 0 Å². The van der Waals surface area contributed by atoms with E-state index in [1.54, 1.807) is 0 Å². The Balaban J connectivity index is 1.49. The second kappa shape index (κ2) is 10.7. The van der Waals surface area contributed by atoms with E-state index in [0.29, 0.717) is 29.8 Å². The molecule has 1 aliphatic carbocycles. The number of nitrogens with zero attached hydrogens (tertiary/aromatic N) is 2. The highest BCUT2D eigenvalue weighted by atomic mass is 35.5. The molecule has 0 aromatic heterocycles.